The minimum absolute atomic E-state index is 0.297. The van der Waals surface area contributed by atoms with E-state index in [1.54, 1.807) is 10.4 Å². The summed E-state index contributed by atoms with van der Waals surface area (Å²) in [6.07, 6.45) is 7.05. The highest BCUT2D eigenvalue weighted by atomic mass is 32.1. The Morgan fingerprint density at radius 1 is 1.35 bits per heavy atom. The van der Waals surface area contributed by atoms with Gasteiger partial charge in [0.25, 0.3) is 0 Å². The van der Waals surface area contributed by atoms with Crippen LogP contribution in [0.5, 0.6) is 0 Å². The zero-order valence-electron chi connectivity index (χ0n) is 12.6. The molecule has 2 fully saturated rings. The third-order valence-corrected chi connectivity index (χ3v) is 6.86. The molecule has 0 amide bonds. The Hall–Kier alpha value is -0.380. The number of thiophene rings is 1. The topological polar surface area (TPSA) is 21.3 Å². The summed E-state index contributed by atoms with van der Waals surface area (Å²) < 4.78 is 5.99. The molecule has 4 rings (SSSR count). The van der Waals surface area contributed by atoms with Crippen molar-refractivity contribution in [3.63, 3.8) is 0 Å². The molecule has 1 aromatic rings. The minimum Gasteiger partial charge on any atom is -0.377 e. The highest BCUT2D eigenvalue weighted by Crippen LogP contribution is 2.51. The Balaban J connectivity index is 1.41. The number of ether oxygens (including phenoxy) is 1. The Bertz CT molecular complexity index is 486. The van der Waals surface area contributed by atoms with Gasteiger partial charge in [-0.15, -0.1) is 11.3 Å². The molecule has 2 nitrogen and oxygen atoms in total. The maximum Gasteiger partial charge on any atom is 0.0684 e. The molecule has 1 N–H and O–H groups in total. The first-order valence-electron chi connectivity index (χ1n) is 8.12. The molecule has 3 atom stereocenters. The van der Waals surface area contributed by atoms with Gasteiger partial charge in [0.15, 0.2) is 0 Å². The quantitative estimate of drug-likeness (QED) is 0.920. The summed E-state index contributed by atoms with van der Waals surface area (Å²) >= 11 is 2.03. The van der Waals surface area contributed by atoms with E-state index < -0.39 is 0 Å². The van der Waals surface area contributed by atoms with Gasteiger partial charge in [-0.1, -0.05) is 13.8 Å². The van der Waals surface area contributed by atoms with Gasteiger partial charge in [-0.2, -0.15) is 0 Å². The van der Waals surface area contributed by atoms with E-state index in [9.17, 15) is 0 Å². The van der Waals surface area contributed by atoms with Gasteiger partial charge in [0, 0.05) is 40.3 Å². The lowest BCUT2D eigenvalue weighted by atomic mass is 9.55. The lowest BCUT2D eigenvalue weighted by molar-refractivity contribution is -0.192. The van der Waals surface area contributed by atoms with Crippen molar-refractivity contribution < 1.29 is 4.74 Å². The standard InChI is InChI=1S/C17H25NOS/c1-17(2)15(13-6-4-8-19-16(13)17)18-10-12-9-11-5-3-7-14(11)20-12/h9,13,15-16,18H,3-8,10H2,1-2H3. The van der Waals surface area contributed by atoms with Gasteiger partial charge in [0.05, 0.1) is 6.10 Å². The molecule has 2 aliphatic carbocycles. The van der Waals surface area contributed by atoms with E-state index in [4.69, 9.17) is 4.74 Å². The van der Waals surface area contributed by atoms with E-state index in [1.165, 1.54) is 37.0 Å². The highest BCUT2D eigenvalue weighted by molar-refractivity contribution is 7.12. The molecule has 1 aromatic heterocycles. The van der Waals surface area contributed by atoms with Crippen LogP contribution in [0.4, 0.5) is 0 Å². The lowest BCUT2D eigenvalue weighted by Gasteiger charge is -2.60. The van der Waals surface area contributed by atoms with E-state index in [-0.39, 0.29) is 0 Å². The van der Waals surface area contributed by atoms with Gasteiger partial charge < -0.3 is 10.1 Å². The van der Waals surface area contributed by atoms with Crippen LogP contribution in [-0.2, 0) is 24.1 Å². The van der Waals surface area contributed by atoms with Crippen LogP contribution < -0.4 is 5.32 Å². The number of aryl methyl sites for hydroxylation is 2. The molecule has 3 heteroatoms. The predicted octanol–water partition coefficient (Wildman–Crippen LogP) is 3.53. The van der Waals surface area contributed by atoms with Gasteiger partial charge >= 0.3 is 0 Å². The van der Waals surface area contributed by atoms with Crippen molar-refractivity contribution in [2.75, 3.05) is 6.61 Å². The minimum atomic E-state index is 0.297. The van der Waals surface area contributed by atoms with Crippen LogP contribution >= 0.6 is 11.3 Å². The Kier molecular flexibility index (Phi) is 3.21. The molecule has 1 saturated heterocycles. The largest absolute Gasteiger partial charge is 0.377 e. The molecule has 1 aliphatic heterocycles. The van der Waals surface area contributed by atoms with Crippen molar-refractivity contribution in [3.8, 4) is 0 Å². The maximum atomic E-state index is 5.99. The fourth-order valence-electron chi connectivity index (χ4n) is 4.63. The first kappa shape index (κ1) is 13.3. The number of hydrogen-bond acceptors (Lipinski definition) is 3. The van der Waals surface area contributed by atoms with Gasteiger partial charge in [0.2, 0.25) is 0 Å². The van der Waals surface area contributed by atoms with Crippen molar-refractivity contribution in [1.82, 2.24) is 5.32 Å². The van der Waals surface area contributed by atoms with Crippen LogP contribution in [0.3, 0.4) is 0 Å². The average molecular weight is 291 g/mol. The SMILES string of the molecule is CC1(C)C(NCc2cc3c(s2)CCC3)C2CCCOC21. The van der Waals surface area contributed by atoms with Crippen molar-refractivity contribution >= 4 is 11.3 Å². The Morgan fingerprint density at radius 3 is 3.10 bits per heavy atom. The van der Waals surface area contributed by atoms with Gasteiger partial charge in [0.1, 0.15) is 0 Å². The molecule has 1 saturated carbocycles. The molecular weight excluding hydrogens is 266 g/mol. The van der Waals surface area contributed by atoms with E-state index in [1.807, 2.05) is 11.3 Å². The van der Waals surface area contributed by atoms with E-state index >= 15 is 0 Å². The van der Waals surface area contributed by atoms with E-state index in [2.05, 4.69) is 25.2 Å². The molecule has 110 valence electrons. The van der Waals surface area contributed by atoms with Crippen molar-refractivity contribution in [1.29, 1.82) is 0 Å². The normalized spacial score (nSPS) is 34.4. The van der Waals surface area contributed by atoms with Crippen LogP contribution in [0, 0.1) is 11.3 Å². The van der Waals surface area contributed by atoms with Crippen LogP contribution in [0.2, 0.25) is 0 Å². The zero-order chi connectivity index (χ0) is 13.7. The Labute approximate surface area is 125 Å². The molecule has 0 aromatic carbocycles. The van der Waals surface area contributed by atoms with Crippen LogP contribution in [0.1, 0.15) is 48.4 Å². The van der Waals surface area contributed by atoms with Gasteiger partial charge in [-0.05, 0) is 43.7 Å². The smallest absolute Gasteiger partial charge is 0.0684 e. The molecule has 0 bridgehead atoms. The van der Waals surface area contributed by atoms with Crippen LogP contribution in [0.25, 0.3) is 0 Å². The number of rotatable bonds is 3. The van der Waals surface area contributed by atoms with E-state index in [0.717, 1.165) is 19.1 Å². The molecule has 0 radical (unpaired) electrons. The number of hydrogen-bond donors (Lipinski definition) is 1. The van der Waals surface area contributed by atoms with Crippen LogP contribution in [-0.4, -0.2) is 18.8 Å². The van der Waals surface area contributed by atoms with Gasteiger partial charge in [-0.25, -0.2) is 0 Å². The Morgan fingerprint density at radius 2 is 2.25 bits per heavy atom. The lowest BCUT2D eigenvalue weighted by Crippen LogP contribution is -2.69. The van der Waals surface area contributed by atoms with Crippen molar-refractivity contribution in [2.45, 2.75) is 64.6 Å². The molecule has 20 heavy (non-hydrogen) atoms. The summed E-state index contributed by atoms with van der Waals surface area (Å²) in [5.74, 6) is 0.741. The van der Waals surface area contributed by atoms with Crippen LogP contribution in [0.15, 0.2) is 6.07 Å². The van der Waals surface area contributed by atoms with E-state index in [0.29, 0.717) is 17.6 Å². The third kappa shape index (κ3) is 1.98. The summed E-state index contributed by atoms with van der Waals surface area (Å²) in [5, 5.41) is 3.84. The summed E-state index contributed by atoms with van der Waals surface area (Å²) in [7, 11) is 0. The summed E-state index contributed by atoms with van der Waals surface area (Å²) in [5.41, 5.74) is 1.92. The van der Waals surface area contributed by atoms with Crippen molar-refractivity contribution in [3.05, 3.63) is 21.4 Å². The molecule has 2 heterocycles. The monoisotopic (exact) mass is 291 g/mol. The predicted molar refractivity (Wildman–Crippen MR) is 83.2 cm³/mol. The third-order valence-electron chi connectivity index (χ3n) is 5.62. The molecule has 3 unspecified atom stereocenters. The summed E-state index contributed by atoms with van der Waals surface area (Å²) in [6, 6.07) is 3.07. The molecule has 3 aliphatic rings. The highest BCUT2D eigenvalue weighted by Gasteiger charge is 2.57. The maximum absolute atomic E-state index is 5.99. The van der Waals surface area contributed by atoms with Crippen molar-refractivity contribution in [2.24, 2.45) is 11.3 Å². The summed E-state index contributed by atoms with van der Waals surface area (Å²) in [4.78, 5) is 3.18. The number of nitrogens with one attached hydrogen (secondary N) is 1. The second kappa shape index (κ2) is 4.82. The first-order chi connectivity index (χ1) is 9.66. The fraction of sp³-hybridized carbons (Fsp3) is 0.765. The zero-order valence-corrected chi connectivity index (χ0v) is 13.4. The summed E-state index contributed by atoms with van der Waals surface area (Å²) in [6.45, 7) is 6.75. The average Bonchev–Trinajstić information content (AvgIpc) is 2.99. The fourth-order valence-corrected chi connectivity index (χ4v) is 5.84. The molecule has 0 spiro atoms. The van der Waals surface area contributed by atoms with Gasteiger partial charge in [-0.3, -0.25) is 0 Å². The second-order valence-corrected chi connectivity index (χ2v) is 8.51. The molecular formula is C17H25NOS. The number of fused-ring (bicyclic) bond motifs is 2. The first-order valence-corrected chi connectivity index (χ1v) is 8.93. The second-order valence-electron chi connectivity index (χ2n) is 7.29.